The van der Waals surface area contributed by atoms with Gasteiger partial charge in [0.05, 0.1) is 11.8 Å². The van der Waals surface area contributed by atoms with E-state index in [1.165, 1.54) is 28.1 Å². The summed E-state index contributed by atoms with van der Waals surface area (Å²) < 4.78 is 24.6. The molecule has 1 fully saturated rings. The molecule has 7 nitrogen and oxygen atoms in total. The van der Waals surface area contributed by atoms with E-state index in [0.29, 0.717) is 32.1 Å². The van der Waals surface area contributed by atoms with E-state index in [1.54, 1.807) is 0 Å². The molecule has 1 aliphatic carbocycles. The Morgan fingerprint density at radius 3 is 2.26 bits per heavy atom. The van der Waals surface area contributed by atoms with E-state index in [4.69, 9.17) is 0 Å². The molecule has 0 N–H and O–H groups in total. The standard InChI is InChI=1S/C15H19N5O2S/c1-23(21,22)20-7-5-19(6-8-20)15-16-13-9-11-3-2-4-12(11)10-14(13)17-18-15/h9-10H,2-8H2,1H3. The summed E-state index contributed by atoms with van der Waals surface area (Å²) in [5.74, 6) is 0.587. The molecule has 1 saturated heterocycles. The molecular weight excluding hydrogens is 314 g/mol. The molecule has 2 aliphatic rings. The number of fused-ring (bicyclic) bond motifs is 2. The van der Waals surface area contributed by atoms with Crippen molar-refractivity contribution in [3.8, 4) is 0 Å². The van der Waals surface area contributed by atoms with Crippen LogP contribution in [0.2, 0.25) is 0 Å². The first kappa shape index (κ1) is 14.8. The Labute approximate surface area is 135 Å². The van der Waals surface area contributed by atoms with Gasteiger partial charge in [-0.3, -0.25) is 0 Å². The number of nitrogens with zero attached hydrogens (tertiary/aromatic N) is 5. The van der Waals surface area contributed by atoms with Gasteiger partial charge in [-0.25, -0.2) is 13.4 Å². The van der Waals surface area contributed by atoms with Gasteiger partial charge in [0.1, 0.15) is 5.52 Å². The molecular formula is C15H19N5O2S. The highest BCUT2D eigenvalue weighted by atomic mass is 32.2. The van der Waals surface area contributed by atoms with Crippen molar-refractivity contribution >= 4 is 27.0 Å². The Bertz CT molecular complexity index is 860. The predicted octanol–water partition coefficient (Wildman–Crippen LogP) is 0.595. The molecule has 0 radical (unpaired) electrons. The molecule has 4 rings (SSSR count). The van der Waals surface area contributed by atoms with Crippen molar-refractivity contribution in [3.63, 3.8) is 0 Å². The minimum atomic E-state index is -3.12. The number of piperazine rings is 1. The minimum absolute atomic E-state index is 0.463. The van der Waals surface area contributed by atoms with Crippen molar-refractivity contribution < 1.29 is 8.42 Å². The first-order valence-corrected chi connectivity index (χ1v) is 9.72. The highest BCUT2D eigenvalue weighted by molar-refractivity contribution is 7.88. The number of hydrogen-bond donors (Lipinski definition) is 0. The molecule has 0 atom stereocenters. The maximum absolute atomic E-state index is 11.6. The number of hydrogen-bond acceptors (Lipinski definition) is 6. The van der Waals surface area contributed by atoms with Gasteiger partial charge in [0, 0.05) is 26.2 Å². The predicted molar refractivity (Wildman–Crippen MR) is 88.0 cm³/mol. The number of aryl methyl sites for hydroxylation is 2. The van der Waals surface area contributed by atoms with Gasteiger partial charge >= 0.3 is 0 Å². The average Bonchev–Trinajstić information content (AvgIpc) is 2.98. The Hall–Kier alpha value is -1.80. The minimum Gasteiger partial charge on any atom is -0.337 e. The van der Waals surface area contributed by atoms with E-state index in [9.17, 15) is 8.42 Å². The van der Waals surface area contributed by atoms with Crippen molar-refractivity contribution in [1.29, 1.82) is 0 Å². The Morgan fingerprint density at radius 1 is 0.957 bits per heavy atom. The van der Waals surface area contributed by atoms with Gasteiger partial charge in [0.15, 0.2) is 0 Å². The maximum atomic E-state index is 11.6. The van der Waals surface area contributed by atoms with E-state index in [0.717, 1.165) is 23.9 Å². The zero-order valence-electron chi connectivity index (χ0n) is 13.1. The molecule has 0 bridgehead atoms. The third-order valence-corrected chi connectivity index (χ3v) is 5.95. The van der Waals surface area contributed by atoms with Crippen LogP contribution in [0.4, 0.5) is 5.95 Å². The largest absolute Gasteiger partial charge is 0.337 e. The Kier molecular flexibility index (Phi) is 3.46. The normalized spacial score (nSPS) is 19.3. The summed E-state index contributed by atoms with van der Waals surface area (Å²) in [6, 6.07) is 4.23. The Morgan fingerprint density at radius 2 is 1.61 bits per heavy atom. The van der Waals surface area contributed by atoms with Crippen LogP contribution in [0.5, 0.6) is 0 Å². The van der Waals surface area contributed by atoms with Gasteiger partial charge in [0.25, 0.3) is 0 Å². The van der Waals surface area contributed by atoms with Crippen LogP contribution in [-0.4, -0.2) is 60.3 Å². The molecule has 1 aliphatic heterocycles. The van der Waals surface area contributed by atoms with E-state index >= 15 is 0 Å². The topological polar surface area (TPSA) is 79.3 Å². The van der Waals surface area contributed by atoms with Crippen molar-refractivity contribution in [2.24, 2.45) is 0 Å². The molecule has 0 unspecified atom stereocenters. The van der Waals surface area contributed by atoms with Gasteiger partial charge in [-0.1, -0.05) is 0 Å². The fourth-order valence-corrected chi connectivity index (χ4v) is 4.18. The number of anilines is 1. The van der Waals surface area contributed by atoms with Crippen LogP contribution in [-0.2, 0) is 22.9 Å². The van der Waals surface area contributed by atoms with E-state index in [-0.39, 0.29) is 0 Å². The first-order chi connectivity index (χ1) is 11.0. The number of sulfonamides is 1. The molecule has 122 valence electrons. The second kappa shape index (κ2) is 5.38. The molecule has 0 saturated carbocycles. The zero-order chi connectivity index (χ0) is 16.0. The molecule has 0 spiro atoms. The molecule has 0 amide bonds. The molecule has 1 aromatic heterocycles. The van der Waals surface area contributed by atoms with Gasteiger partial charge in [-0.15, -0.1) is 10.2 Å². The van der Waals surface area contributed by atoms with Crippen molar-refractivity contribution in [2.45, 2.75) is 19.3 Å². The van der Waals surface area contributed by atoms with Crippen LogP contribution in [0.3, 0.4) is 0 Å². The van der Waals surface area contributed by atoms with Crippen LogP contribution in [0.1, 0.15) is 17.5 Å². The van der Waals surface area contributed by atoms with Gasteiger partial charge < -0.3 is 4.90 Å². The van der Waals surface area contributed by atoms with Crippen LogP contribution < -0.4 is 4.90 Å². The fourth-order valence-electron chi connectivity index (χ4n) is 3.35. The molecule has 8 heteroatoms. The SMILES string of the molecule is CS(=O)(=O)N1CCN(c2nnc3cc4c(cc3n2)CCC4)CC1. The summed E-state index contributed by atoms with van der Waals surface area (Å²) in [6.45, 7) is 2.10. The number of aromatic nitrogens is 3. The van der Waals surface area contributed by atoms with E-state index in [2.05, 4.69) is 27.3 Å². The van der Waals surface area contributed by atoms with Crippen molar-refractivity contribution in [2.75, 3.05) is 37.3 Å². The van der Waals surface area contributed by atoms with Crippen LogP contribution in [0, 0.1) is 0 Å². The third-order valence-electron chi connectivity index (χ3n) is 4.65. The summed E-state index contributed by atoms with van der Waals surface area (Å²) >= 11 is 0. The molecule has 2 heterocycles. The average molecular weight is 333 g/mol. The van der Waals surface area contributed by atoms with Gasteiger partial charge in [-0.2, -0.15) is 4.31 Å². The monoisotopic (exact) mass is 333 g/mol. The summed E-state index contributed by atoms with van der Waals surface area (Å²) in [5.41, 5.74) is 4.44. The van der Waals surface area contributed by atoms with Crippen molar-refractivity contribution in [3.05, 3.63) is 23.3 Å². The second-order valence-electron chi connectivity index (χ2n) is 6.22. The summed E-state index contributed by atoms with van der Waals surface area (Å²) in [6.07, 6.45) is 4.66. The summed E-state index contributed by atoms with van der Waals surface area (Å²) in [4.78, 5) is 6.65. The highest BCUT2D eigenvalue weighted by Gasteiger charge is 2.25. The summed E-state index contributed by atoms with van der Waals surface area (Å²) in [7, 11) is -3.12. The maximum Gasteiger partial charge on any atom is 0.246 e. The first-order valence-electron chi connectivity index (χ1n) is 7.87. The van der Waals surface area contributed by atoms with Gasteiger partial charge in [-0.05, 0) is 42.5 Å². The number of rotatable bonds is 2. The Balaban J connectivity index is 1.59. The van der Waals surface area contributed by atoms with Crippen LogP contribution >= 0.6 is 0 Å². The summed E-state index contributed by atoms with van der Waals surface area (Å²) in [5, 5.41) is 8.56. The molecule has 2 aromatic rings. The van der Waals surface area contributed by atoms with Gasteiger partial charge in [0.2, 0.25) is 16.0 Å². The molecule has 1 aromatic carbocycles. The smallest absolute Gasteiger partial charge is 0.246 e. The lowest BCUT2D eigenvalue weighted by Crippen LogP contribution is -2.48. The van der Waals surface area contributed by atoms with Crippen molar-refractivity contribution in [1.82, 2.24) is 19.5 Å². The lowest BCUT2D eigenvalue weighted by Gasteiger charge is -2.32. The molecule has 23 heavy (non-hydrogen) atoms. The highest BCUT2D eigenvalue weighted by Crippen LogP contribution is 2.26. The van der Waals surface area contributed by atoms with Crippen LogP contribution in [0.15, 0.2) is 12.1 Å². The second-order valence-corrected chi connectivity index (χ2v) is 8.21. The number of benzene rings is 1. The van der Waals surface area contributed by atoms with E-state index in [1.807, 2.05) is 4.90 Å². The lowest BCUT2D eigenvalue weighted by molar-refractivity contribution is 0.385. The quantitative estimate of drug-likeness (QED) is 0.800. The van der Waals surface area contributed by atoms with E-state index < -0.39 is 10.0 Å². The lowest BCUT2D eigenvalue weighted by atomic mass is 10.1. The third kappa shape index (κ3) is 2.76. The zero-order valence-corrected chi connectivity index (χ0v) is 13.9. The fraction of sp³-hybridized carbons (Fsp3) is 0.533. The van der Waals surface area contributed by atoms with Crippen LogP contribution in [0.25, 0.3) is 11.0 Å².